The molecule has 0 atom stereocenters. The molecule has 0 aliphatic heterocycles. The highest BCUT2D eigenvalue weighted by Crippen LogP contribution is 2.07. The molecular formula is C11H24N2O2. The first-order chi connectivity index (χ1) is 6.75. The minimum Gasteiger partial charge on any atom is -0.382 e. The van der Waals surface area contributed by atoms with Gasteiger partial charge in [0.2, 0.25) is 5.91 Å². The van der Waals surface area contributed by atoms with Gasteiger partial charge in [-0.05, 0) is 34.2 Å². The van der Waals surface area contributed by atoms with Gasteiger partial charge in [0.1, 0.15) is 0 Å². The second-order valence-electron chi connectivity index (χ2n) is 4.93. The molecule has 0 rings (SSSR count). The molecule has 0 heterocycles. The number of ether oxygens (including phenoxy) is 1. The Morgan fingerprint density at radius 3 is 2.20 bits per heavy atom. The van der Waals surface area contributed by atoms with Crippen molar-refractivity contribution in [3.63, 3.8) is 0 Å². The van der Waals surface area contributed by atoms with Crippen molar-refractivity contribution < 1.29 is 9.53 Å². The normalized spacial score (nSPS) is 12.7. The second-order valence-corrected chi connectivity index (χ2v) is 4.93. The van der Waals surface area contributed by atoms with E-state index in [-0.39, 0.29) is 11.4 Å². The van der Waals surface area contributed by atoms with E-state index in [0.717, 1.165) is 6.54 Å². The molecule has 15 heavy (non-hydrogen) atoms. The number of amides is 1. The SMILES string of the molecule is CCNC(C)(C)C(=O)NC(C)(C)COC. The van der Waals surface area contributed by atoms with Gasteiger partial charge in [-0.2, -0.15) is 0 Å². The lowest BCUT2D eigenvalue weighted by atomic mass is 10.0. The summed E-state index contributed by atoms with van der Waals surface area (Å²) in [6.45, 7) is 10.9. The molecule has 0 saturated carbocycles. The number of methoxy groups -OCH3 is 1. The second kappa shape index (κ2) is 5.47. The lowest BCUT2D eigenvalue weighted by Crippen LogP contribution is -2.58. The summed E-state index contributed by atoms with van der Waals surface area (Å²) in [5.74, 6) is -0.00796. The lowest BCUT2D eigenvalue weighted by molar-refractivity contribution is -0.128. The van der Waals surface area contributed by atoms with Gasteiger partial charge >= 0.3 is 0 Å². The molecule has 2 N–H and O–H groups in total. The highest BCUT2D eigenvalue weighted by atomic mass is 16.5. The van der Waals surface area contributed by atoms with Gasteiger partial charge in [0.05, 0.1) is 17.7 Å². The summed E-state index contributed by atoms with van der Waals surface area (Å²) in [6.07, 6.45) is 0. The smallest absolute Gasteiger partial charge is 0.240 e. The van der Waals surface area contributed by atoms with E-state index in [1.807, 2.05) is 34.6 Å². The Hall–Kier alpha value is -0.610. The predicted octanol–water partition coefficient (Wildman–Crippen LogP) is 0.916. The third kappa shape index (κ3) is 5.14. The van der Waals surface area contributed by atoms with Crippen LogP contribution in [0.25, 0.3) is 0 Å². The van der Waals surface area contributed by atoms with Gasteiger partial charge in [-0.25, -0.2) is 0 Å². The molecule has 0 radical (unpaired) electrons. The summed E-state index contributed by atoms with van der Waals surface area (Å²) < 4.78 is 5.05. The van der Waals surface area contributed by atoms with Crippen LogP contribution in [0.1, 0.15) is 34.6 Å². The summed E-state index contributed by atoms with van der Waals surface area (Å²) in [5.41, 5.74) is -0.877. The summed E-state index contributed by atoms with van der Waals surface area (Å²) in [7, 11) is 1.63. The highest BCUT2D eigenvalue weighted by molar-refractivity contribution is 5.86. The van der Waals surface area contributed by atoms with Crippen molar-refractivity contribution in [3.05, 3.63) is 0 Å². The molecule has 0 aliphatic carbocycles. The number of rotatable bonds is 6. The molecule has 0 aromatic carbocycles. The number of carbonyl (C=O) groups is 1. The lowest BCUT2D eigenvalue weighted by Gasteiger charge is -2.32. The maximum absolute atomic E-state index is 11.9. The Balaban J connectivity index is 4.35. The highest BCUT2D eigenvalue weighted by Gasteiger charge is 2.30. The zero-order chi connectivity index (χ0) is 12.1. The fraction of sp³-hybridized carbons (Fsp3) is 0.909. The van der Waals surface area contributed by atoms with Crippen molar-refractivity contribution >= 4 is 5.91 Å². The molecule has 0 unspecified atom stereocenters. The van der Waals surface area contributed by atoms with Crippen LogP contribution in [0.15, 0.2) is 0 Å². The van der Waals surface area contributed by atoms with Gasteiger partial charge in [-0.1, -0.05) is 6.92 Å². The van der Waals surface area contributed by atoms with Gasteiger partial charge in [0, 0.05) is 7.11 Å². The van der Waals surface area contributed by atoms with Crippen LogP contribution in [-0.4, -0.2) is 37.2 Å². The molecule has 4 heteroatoms. The van der Waals surface area contributed by atoms with Crippen molar-refractivity contribution in [1.82, 2.24) is 10.6 Å². The topological polar surface area (TPSA) is 50.4 Å². The van der Waals surface area contributed by atoms with Crippen LogP contribution in [0, 0.1) is 0 Å². The number of carbonyl (C=O) groups excluding carboxylic acids is 1. The molecule has 0 spiro atoms. The Morgan fingerprint density at radius 1 is 1.27 bits per heavy atom. The van der Waals surface area contributed by atoms with Crippen LogP contribution in [-0.2, 0) is 9.53 Å². The van der Waals surface area contributed by atoms with Gasteiger partial charge in [-0.3, -0.25) is 4.79 Å². The van der Waals surface area contributed by atoms with E-state index in [2.05, 4.69) is 10.6 Å². The average Bonchev–Trinajstić information content (AvgIpc) is 2.02. The molecule has 0 saturated heterocycles. The fourth-order valence-electron chi connectivity index (χ4n) is 1.38. The number of nitrogens with one attached hydrogen (secondary N) is 2. The van der Waals surface area contributed by atoms with E-state index in [0.29, 0.717) is 6.61 Å². The van der Waals surface area contributed by atoms with E-state index in [9.17, 15) is 4.79 Å². The molecule has 90 valence electrons. The van der Waals surface area contributed by atoms with Crippen molar-refractivity contribution in [2.24, 2.45) is 0 Å². The quantitative estimate of drug-likeness (QED) is 0.694. The molecule has 0 aromatic heterocycles. The average molecular weight is 216 g/mol. The number of likely N-dealkylation sites (N-methyl/N-ethyl adjacent to an activating group) is 1. The monoisotopic (exact) mass is 216 g/mol. The van der Waals surface area contributed by atoms with E-state index >= 15 is 0 Å². The maximum atomic E-state index is 11.9. The first-order valence-corrected chi connectivity index (χ1v) is 5.32. The molecule has 0 fully saturated rings. The van der Waals surface area contributed by atoms with Crippen LogP contribution in [0.2, 0.25) is 0 Å². The molecular weight excluding hydrogens is 192 g/mol. The Morgan fingerprint density at radius 2 is 1.80 bits per heavy atom. The third-order valence-electron chi connectivity index (χ3n) is 2.14. The van der Waals surface area contributed by atoms with Crippen LogP contribution in [0.3, 0.4) is 0 Å². The van der Waals surface area contributed by atoms with Crippen LogP contribution < -0.4 is 10.6 Å². The van der Waals surface area contributed by atoms with Crippen molar-refractivity contribution in [2.45, 2.75) is 45.7 Å². The fourth-order valence-corrected chi connectivity index (χ4v) is 1.38. The van der Waals surface area contributed by atoms with Gasteiger partial charge in [0.25, 0.3) is 0 Å². The predicted molar refractivity (Wildman–Crippen MR) is 61.9 cm³/mol. The summed E-state index contributed by atoms with van der Waals surface area (Å²) >= 11 is 0. The van der Waals surface area contributed by atoms with Gasteiger partial charge in [-0.15, -0.1) is 0 Å². The van der Waals surface area contributed by atoms with Crippen molar-refractivity contribution in [3.8, 4) is 0 Å². The Labute approximate surface area is 92.8 Å². The first kappa shape index (κ1) is 14.4. The number of hydrogen-bond acceptors (Lipinski definition) is 3. The zero-order valence-corrected chi connectivity index (χ0v) is 10.7. The zero-order valence-electron chi connectivity index (χ0n) is 10.7. The van der Waals surface area contributed by atoms with Gasteiger partial charge < -0.3 is 15.4 Å². The van der Waals surface area contributed by atoms with Crippen molar-refractivity contribution in [2.75, 3.05) is 20.3 Å². The maximum Gasteiger partial charge on any atom is 0.240 e. The molecule has 0 aromatic rings. The van der Waals surface area contributed by atoms with E-state index in [4.69, 9.17) is 4.74 Å². The summed E-state index contributed by atoms with van der Waals surface area (Å²) in [6, 6.07) is 0. The molecule has 1 amide bonds. The van der Waals surface area contributed by atoms with E-state index < -0.39 is 5.54 Å². The summed E-state index contributed by atoms with van der Waals surface area (Å²) in [4.78, 5) is 11.9. The minimum absolute atomic E-state index is 0.00796. The molecule has 0 aliphatic rings. The van der Waals surface area contributed by atoms with Crippen LogP contribution in [0.4, 0.5) is 0 Å². The minimum atomic E-state index is -0.542. The molecule has 4 nitrogen and oxygen atoms in total. The summed E-state index contributed by atoms with van der Waals surface area (Å²) in [5, 5.41) is 6.09. The standard InChI is InChI=1S/C11H24N2O2/c1-7-12-11(4,5)9(14)13-10(2,3)8-15-6/h12H,7-8H2,1-6H3,(H,13,14). The van der Waals surface area contributed by atoms with E-state index in [1.165, 1.54) is 0 Å². The van der Waals surface area contributed by atoms with E-state index in [1.54, 1.807) is 7.11 Å². The Bertz CT molecular complexity index is 213. The number of hydrogen-bond donors (Lipinski definition) is 2. The van der Waals surface area contributed by atoms with Crippen LogP contribution in [0.5, 0.6) is 0 Å². The third-order valence-corrected chi connectivity index (χ3v) is 2.14. The Kier molecular flexibility index (Phi) is 5.24. The van der Waals surface area contributed by atoms with Crippen molar-refractivity contribution in [1.29, 1.82) is 0 Å². The largest absolute Gasteiger partial charge is 0.382 e. The van der Waals surface area contributed by atoms with Crippen LogP contribution >= 0.6 is 0 Å². The molecule has 0 bridgehead atoms. The first-order valence-electron chi connectivity index (χ1n) is 5.32. The van der Waals surface area contributed by atoms with Gasteiger partial charge in [0.15, 0.2) is 0 Å².